The minimum Gasteiger partial charge on any atom is -0.397 e. The number of benzene rings is 1. The van der Waals surface area contributed by atoms with Gasteiger partial charge in [0.05, 0.1) is 12.2 Å². The summed E-state index contributed by atoms with van der Waals surface area (Å²) in [5.74, 6) is -0.403. The number of nitrogens with two attached hydrogens (primary N) is 1. The van der Waals surface area contributed by atoms with Crippen molar-refractivity contribution in [3.63, 3.8) is 0 Å². The van der Waals surface area contributed by atoms with Crippen LogP contribution in [0.1, 0.15) is 11.1 Å². The summed E-state index contributed by atoms with van der Waals surface area (Å²) in [6.07, 6.45) is 1.57. The highest BCUT2D eigenvalue weighted by Gasteiger charge is 2.05. The maximum absolute atomic E-state index is 12.9. The maximum Gasteiger partial charge on any atom is 0.251 e. The number of hydrogen-bond donors (Lipinski definition) is 1. The molecule has 0 saturated carbocycles. The fourth-order valence-electron chi connectivity index (χ4n) is 1.64. The van der Waals surface area contributed by atoms with Gasteiger partial charge in [0.1, 0.15) is 5.82 Å². The van der Waals surface area contributed by atoms with Crippen molar-refractivity contribution in [2.45, 2.75) is 13.5 Å². The lowest BCUT2D eigenvalue weighted by atomic mass is 10.2. The number of aromatic nitrogens is 1. The van der Waals surface area contributed by atoms with Crippen molar-refractivity contribution in [1.29, 1.82) is 0 Å². The lowest BCUT2D eigenvalue weighted by Crippen LogP contribution is -2.20. The van der Waals surface area contributed by atoms with Crippen LogP contribution in [0.5, 0.6) is 0 Å². The first-order valence-electron chi connectivity index (χ1n) is 5.38. The molecule has 1 heterocycles. The Bertz CT molecular complexity index is 652. The summed E-state index contributed by atoms with van der Waals surface area (Å²) in [5, 5.41) is 0.293. The van der Waals surface area contributed by atoms with Gasteiger partial charge in [0.2, 0.25) is 0 Å². The van der Waals surface area contributed by atoms with Crippen molar-refractivity contribution in [3.8, 4) is 0 Å². The van der Waals surface area contributed by atoms with Gasteiger partial charge in [0.15, 0.2) is 0 Å². The molecular weight excluding hydrogens is 255 g/mol. The van der Waals surface area contributed by atoms with Gasteiger partial charge < -0.3 is 10.3 Å². The van der Waals surface area contributed by atoms with Crippen LogP contribution in [0.2, 0.25) is 5.02 Å². The van der Waals surface area contributed by atoms with Crippen LogP contribution in [0.3, 0.4) is 0 Å². The molecule has 1 aromatic carbocycles. The van der Waals surface area contributed by atoms with E-state index in [-0.39, 0.29) is 12.1 Å². The van der Waals surface area contributed by atoms with Crippen molar-refractivity contribution in [2.24, 2.45) is 0 Å². The summed E-state index contributed by atoms with van der Waals surface area (Å²) in [4.78, 5) is 11.8. The van der Waals surface area contributed by atoms with Crippen LogP contribution in [-0.4, -0.2) is 4.57 Å². The highest BCUT2D eigenvalue weighted by atomic mass is 35.5. The zero-order chi connectivity index (χ0) is 13.3. The average molecular weight is 267 g/mol. The molecule has 5 heteroatoms. The van der Waals surface area contributed by atoms with Gasteiger partial charge >= 0.3 is 0 Å². The van der Waals surface area contributed by atoms with Crippen molar-refractivity contribution >= 4 is 17.3 Å². The fraction of sp³-hybridized carbons (Fsp3) is 0.154. The van der Waals surface area contributed by atoms with E-state index in [1.54, 1.807) is 19.2 Å². The number of rotatable bonds is 2. The Balaban J connectivity index is 2.40. The molecule has 0 bridgehead atoms. The topological polar surface area (TPSA) is 48.0 Å². The summed E-state index contributed by atoms with van der Waals surface area (Å²) in [7, 11) is 0. The molecule has 0 aliphatic heterocycles. The van der Waals surface area contributed by atoms with E-state index in [2.05, 4.69) is 0 Å². The van der Waals surface area contributed by atoms with Gasteiger partial charge in [-0.15, -0.1) is 0 Å². The van der Waals surface area contributed by atoms with Gasteiger partial charge in [-0.05, 0) is 30.2 Å². The van der Waals surface area contributed by atoms with E-state index in [0.29, 0.717) is 16.3 Å². The van der Waals surface area contributed by atoms with Gasteiger partial charge in [-0.25, -0.2) is 4.39 Å². The van der Waals surface area contributed by atoms with Crippen molar-refractivity contribution in [3.05, 3.63) is 62.8 Å². The molecule has 2 aromatic rings. The minimum absolute atomic E-state index is 0.165. The Labute approximate surface area is 109 Å². The third-order valence-corrected chi connectivity index (χ3v) is 3.08. The molecule has 0 unspecified atom stereocenters. The van der Waals surface area contributed by atoms with Crippen LogP contribution in [0.25, 0.3) is 0 Å². The van der Waals surface area contributed by atoms with Crippen LogP contribution >= 0.6 is 11.6 Å². The van der Waals surface area contributed by atoms with Crippen LogP contribution in [0, 0.1) is 12.7 Å². The minimum atomic E-state index is -0.403. The van der Waals surface area contributed by atoms with Gasteiger partial charge in [0.25, 0.3) is 5.56 Å². The molecule has 0 aliphatic carbocycles. The van der Waals surface area contributed by atoms with Crippen molar-refractivity contribution in [1.82, 2.24) is 4.57 Å². The first-order valence-corrected chi connectivity index (χ1v) is 5.75. The Morgan fingerprint density at radius 1 is 1.39 bits per heavy atom. The van der Waals surface area contributed by atoms with E-state index in [4.69, 9.17) is 17.3 Å². The molecule has 3 nitrogen and oxygen atoms in total. The first-order chi connectivity index (χ1) is 8.47. The zero-order valence-electron chi connectivity index (χ0n) is 9.78. The monoisotopic (exact) mass is 266 g/mol. The second kappa shape index (κ2) is 4.82. The number of pyridine rings is 1. The Morgan fingerprint density at radius 3 is 2.78 bits per heavy atom. The molecule has 0 atom stereocenters. The van der Waals surface area contributed by atoms with Gasteiger partial charge in [-0.1, -0.05) is 17.7 Å². The van der Waals surface area contributed by atoms with Crippen LogP contribution < -0.4 is 11.3 Å². The summed E-state index contributed by atoms with van der Waals surface area (Å²) in [6.45, 7) is 2.04. The number of nitrogen functional groups attached to an aromatic ring is 1. The summed E-state index contributed by atoms with van der Waals surface area (Å²) in [6, 6.07) is 5.55. The number of hydrogen-bond acceptors (Lipinski definition) is 2. The molecule has 0 spiro atoms. The smallest absolute Gasteiger partial charge is 0.251 e. The zero-order valence-corrected chi connectivity index (χ0v) is 10.5. The van der Waals surface area contributed by atoms with E-state index in [0.717, 1.165) is 5.56 Å². The highest BCUT2D eigenvalue weighted by Crippen LogP contribution is 2.18. The molecular formula is C13H12ClFN2O. The average Bonchev–Trinajstić information content (AvgIpc) is 2.29. The largest absolute Gasteiger partial charge is 0.397 e. The van der Waals surface area contributed by atoms with E-state index in [9.17, 15) is 9.18 Å². The van der Waals surface area contributed by atoms with Gasteiger partial charge in [0, 0.05) is 17.3 Å². The predicted molar refractivity (Wildman–Crippen MR) is 70.4 cm³/mol. The fourth-order valence-corrected chi connectivity index (χ4v) is 1.87. The van der Waals surface area contributed by atoms with Crippen molar-refractivity contribution < 1.29 is 4.39 Å². The molecule has 2 N–H and O–H groups in total. The number of halogens is 2. The maximum atomic E-state index is 12.9. The third-order valence-electron chi connectivity index (χ3n) is 2.73. The number of aryl methyl sites for hydroxylation is 1. The van der Waals surface area contributed by atoms with Crippen LogP contribution in [-0.2, 0) is 6.54 Å². The van der Waals surface area contributed by atoms with E-state index < -0.39 is 5.82 Å². The molecule has 0 aliphatic rings. The molecule has 2 rings (SSSR count). The first kappa shape index (κ1) is 12.6. The predicted octanol–water partition coefficient (Wildman–Crippen LogP) is 2.58. The van der Waals surface area contributed by atoms with E-state index in [1.165, 1.54) is 22.8 Å². The third kappa shape index (κ3) is 2.54. The summed E-state index contributed by atoms with van der Waals surface area (Å²) in [5.41, 5.74) is 7.53. The summed E-state index contributed by atoms with van der Waals surface area (Å²) >= 11 is 5.92. The number of anilines is 1. The SMILES string of the molecule is Cc1cc(=O)n(Cc2ccc(F)cc2Cl)cc1N. The van der Waals surface area contributed by atoms with E-state index >= 15 is 0 Å². The molecule has 18 heavy (non-hydrogen) atoms. The van der Waals surface area contributed by atoms with Gasteiger partial charge in [-0.2, -0.15) is 0 Å². The second-order valence-corrected chi connectivity index (χ2v) is 4.52. The Kier molecular flexibility index (Phi) is 3.39. The van der Waals surface area contributed by atoms with Crippen LogP contribution in [0.15, 0.2) is 35.3 Å². The van der Waals surface area contributed by atoms with Crippen LogP contribution in [0.4, 0.5) is 10.1 Å². The lowest BCUT2D eigenvalue weighted by molar-refractivity contribution is 0.626. The molecule has 0 radical (unpaired) electrons. The second-order valence-electron chi connectivity index (χ2n) is 4.11. The lowest BCUT2D eigenvalue weighted by Gasteiger charge is -2.09. The quantitative estimate of drug-likeness (QED) is 0.908. The van der Waals surface area contributed by atoms with E-state index in [1.807, 2.05) is 0 Å². The summed E-state index contributed by atoms with van der Waals surface area (Å²) < 4.78 is 14.4. The molecule has 0 amide bonds. The molecule has 94 valence electrons. The normalized spacial score (nSPS) is 10.6. The number of nitrogens with zero attached hydrogens (tertiary/aromatic N) is 1. The van der Waals surface area contributed by atoms with Gasteiger partial charge in [-0.3, -0.25) is 4.79 Å². The van der Waals surface area contributed by atoms with Crippen molar-refractivity contribution in [2.75, 3.05) is 5.73 Å². The molecule has 1 aromatic heterocycles. The molecule has 0 fully saturated rings. The Morgan fingerprint density at radius 2 is 2.11 bits per heavy atom. The molecule has 0 saturated heterocycles. The highest BCUT2D eigenvalue weighted by molar-refractivity contribution is 6.31. The standard InChI is InChI=1S/C13H12ClFN2O/c1-8-4-13(18)17(7-12(8)16)6-9-2-3-10(15)5-11(9)14/h2-5,7H,6,16H2,1H3. The Hall–Kier alpha value is -1.81.